The number of likely N-dealkylation sites (tertiary alicyclic amines) is 1. The number of hydrogen-bond donors (Lipinski definition) is 1. The zero-order valence-electron chi connectivity index (χ0n) is 12.4. The Kier molecular flexibility index (Phi) is 11.3. The second-order valence-corrected chi connectivity index (χ2v) is 5.41. The first-order valence-corrected chi connectivity index (χ1v) is 7.51. The minimum Gasteiger partial charge on any atom is -0.490 e. The topological polar surface area (TPSA) is 24.5 Å². The molecule has 1 aromatic carbocycles. The van der Waals surface area contributed by atoms with Crippen LogP contribution in [0.2, 0.25) is 5.02 Å². The van der Waals surface area contributed by atoms with Crippen molar-refractivity contribution in [3.8, 4) is 5.75 Å². The molecule has 0 unspecified atom stereocenters. The molecule has 0 amide bonds. The van der Waals surface area contributed by atoms with Crippen LogP contribution in [0.4, 0.5) is 0 Å². The van der Waals surface area contributed by atoms with Crippen molar-refractivity contribution in [2.75, 3.05) is 32.7 Å². The number of likely N-dealkylation sites (N-methyl/N-ethyl adjacent to an activating group) is 1. The van der Waals surface area contributed by atoms with Crippen LogP contribution >= 0.6 is 36.4 Å². The molecule has 0 atom stereocenters. The summed E-state index contributed by atoms with van der Waals surface area (Å²) in [5.41, 5.74) is 0. The second kappa shape index (κ2) is 11.4. The molecule has 122 valence electrons. The van der Waals surface area contributed by atoms with Gasteiger partial charge < -0.3 is 15.0 Å². The molecule has 1 saturated heterocycles. The highest BCUT2D eigenvalue weighted by Gasteiger charge is 2.20. The highest BCUT2D eigenvalue weighted by atomic mass is 35.5. The van der Waals surface area contributed by atoms with Crippen molar-refractivity contribution >= 4 is 36.4 Å². The van der Waals surface area contributed by atoms with Crippen LogP contribution in [0.1, 0.15) is 19.8 Å². The average Bonchev–Trinajstić information content (AvgIpc) is 2.41. The molecule has 1 N–H and O–H groups in total. The van der Waals surface area contributed by atoms with Crippen molar-refractivity contribution in [2.24, 2.45) is 0 Å². The minimum absolute atomic E-state index is 0. The summed E-state index contributed by atoms with van der Waals surface area (Å²) in [5, 5.41) is 4.10. The summed E-state index contributed by atoms with van der Waals surface area (Å²) in [6.07, 6.45) is 2.52. The van der Waals surface area contributed by atoms with Gasteiger partial charge in [-0.15, -0.1) is 24.8 Å². The average molecular weight is 356 g/mol. The molecule has 3 nitrogen and oxygen atoms in total. The first-order chi connectivity index (χ1) is 9.28. The van der Waals surface area contributed by atoms with Gasteiger partial charge in [-0.1, -0.05) is 24.6 Å². The molecule has 0 saturated carbocycles. The van der Waals surface area contributed by atoms with E-state index >= 15 is 0 Å². The number of nitrogens with one attached hydrogen (secondary N) is 1. The third-order valence-corrected chi connectivity index (χ3v) is 3.72. The Balaban J connectivity index is 0.00000200. The largest absolute Gasteiger partial charge is 0.490 e. The van der Waals surface area contributed by atoms with E-state index in [1.54, 1.807) is 0 Å². The van der Waals surface area contributed by atoms with Gasteiger partial charge in [0, 0.05) is 31.2 Å². The highest BCUT2D eigenvalue weighted by molar-refractivity contribution is 6.30. The van der Waals surface area contributed by atoms with Crippen LogP contribution < -0.4 is 10.1 Å². The van der Waals surface area contributed by atoms with E-state index in [0.717, 1.165) is 56.3 Å². The van der Waals surface area contributed by atoms with Crippen LogP contribution in [0.15, 0.2) is 24.3 Å². The van der Waals surface area contributed by atoms with Gasteiger partial charge in [0.15, 0.2) is 0 Å². The number of hydrogen-bond acceptors (Lipinski definition) is 3. The Morgan fingerprint density at radius 1 is 1.29 bits per heavy atom. The van der Waals surface area contributed by atoms with E-state index in [1.165, 1.54) is 0 Å². The zero-order chi connectivity index (χ0) is 13.5. The predicted octanol–water partition coefficient (Wildman–Crippen LogP) is 3.64. The molecule has 1 aliphatic rings. The van der Waals surface area contributed by atoms with E-state index in [2.05, 4.69) is 17.1 Å². The van der Waals surface area contributed by atoms with E-state index in [0.29, 0.717) is 6.10 Å². The van der Waals surface area contributed by atoms with Gasteiger partial charge in [0.1, 0.15) is 11.9 Å². The van der Waals surface area contributed by atoms with Gasteiger partial charge in [0.2, 0.25) is 0 Å². The Hall–Kier alpha value is -0.190. The van der Waals surface area contributed by atoms with Crippen LogP contribution in [0.25, 0.3) is 0 Å². The summed E-state index contributed by atoms with van der Waals surface area (Å²) in [6.45, 7) is 7.65. The lowest BCUT2D eigenvalue weighted by atomic mass is 10.1. The van der Waals surface area contributed by atoms with Crippen molar-refractivity contribution in [3.63, 3.8) is 0 Å². The molecule has 6 heteroatoms. The molecular formula is C15H25Cl3N2O. The van der Waals surface area contributed by atoms with Crippen molar-refractivity contribution < 1.29 is 4.74 Å². The highest BCUT2D eigenvalue weighted by Crippen LogP contribution is 2.21. The summed E-state index contributed by atoms with van der Waals surface area (Å²) in [7, 11) is 0. The van der Waals surface area contributed by atoms with E-state index in [1.807, 2.05) is 24.3 Å². The van der Waals surface area contributed by atoms with Crippen LogP contribution in [-0.2, 0) is 0 Å². The second-order valence-electron chi connectivity index (χ2n) is 4.97. The molecule has 0 radical (unpaired) electrons. The fourth-order valence-electron chi connectivity index (χ4n) is 2.40. The van der Waals surface area contributed by atoms with E-state index in [4.69, 9.17) is 16.3 Å². The standard InChI is InChI=1S/C15H23ClN2O.2ClH/c1-2-17-8-11-18-9-6-14(7-10-18)19-15-5-3-4-13(16)12-15;;/h3-5,12,14,17H,2,6-11H2,1H3;2*1H. The molecule has 1 aliphatic heterocycles. The summed E-state index contributed by atoms with van der Waals surface area (Å²) < 4.78 is 5.98. The molecule has 0 aliphatic carbocycles. The molecule has 21 heavy (non-hydrogen) atoms. The van der Waals surface area contributed by atoms with E-state index in [9.17, 15) is 0 Å². The van der Waals surface area contributed by atoms with Gasteiger partial charge >= 0.3 is 0 Å². The summed E-state index contributed by atoms with van der Waals surface area (Å²) in [6, 6.07) is 7.67. The van der Waals surface area contributed by atoms with E-state index in [-0.39, 0.29) is 24.8 Å². The Bertz CT molecular complexity index is 385. The monoisotopic (exact) mass is 354 g/mol. The lowest BCUT2D eigenvalue weighted by Gasteiger charge is -2.32. The van der Waals surface area contributed by atoms with Crippen LogP contribution in [0.3, 0.4) is 0 Å². The van der Waals surface area contributed by atoms with Crippen LogP contribution in [-0.4, -0.2) is 43.7 Å². The SMILES string of the molecule is CCNCCN1CCC(Oc2cccc(Cl)c2)CC1.Cl.Cl. The molecule has 0 spiro atoms. The number of nitrogens with zero attached hydrogens (tertiary/aromatic N) is 1. The third-order valence-electron chi connectivity index (χ3n) is 3.49. The maximum atomic E-state index is 5.98. The Morgan fingerprint density at radius 3 is 2.62 bits per heavy atom. The smallest absolute Gasteiger partial charge is 0.121 e. The number of benzene rings is 1. The molecule has 0 bridgehead atoms. The molecule has 2 rings (SSSR count). The van der Waals surface area contributed by atoms with Crippen molar-refractivity contribution in [1.82, 2.24) is 10.2 Å². The van der Waals surface area contributed by atoms with Crippen molar-refractivity contribution in [3.05, 3.63) is 29.3 Å². The number of rotatable bonds is 6. The predicted molar refractivity (Wildman–Crippen MR) is 94.6 cm³/mol. The van der Waals surface area contributed by atoms with Gasteiger partial charge in [-0.3, -0.25) is 0 Å². The van der Waals surface area contributed by atoms with Gasteiger partial charge in [0.05, 0.1) is 0 Å². The molecule has 1 heterocycles. The molecule has 0 aromatic heterocycles. The van der Waals surface area contributed by atoms with Gasteiger partial charge in [-0.05, 0) is 37.6 Å². The summed E-state index contributed by atoms with van der Waals surface area (Å²) in [4.78, 5) is 2.50. The Labute approximate surface area is 145 Å². The Morgan fingerprint density at radius 2 is 2.00 bits per heavy atom. The first kappa shape index (κ1) is 20.8. The maximum Gasteiger partial charge on any atom is 0.121 e. The number of ether oxygens (including phenoxy) is 1. The van der Waals surface area contributed by atoms with Crippen molar-refractivity contribution in [2.45, 2.75) is 25.9 Å². The minimum atomic E-state index is 0. The van der Waals surface area contributed by atoms with Crippen molar-refractivity contribution in [1.29, 1.82) is 0 Å². The summed E-state index contributed by atoms with van der Waals surface area (Å²) in [5.74, 6) is 0.888. The first-order valence-electron chi connectivity index (χ1n) is 7.13. The molecular weight excluding hydrogens is 331 g/mol. The third kappa shape index (κ3) is 7.57. The normalized spacial score (nSPS) is 15.9. The van der Waals surface area contributed by atoms with E-state index < -0.39 is 0 Å². The quantitative estimate of drug-likeness (QED) is 0.789. The fraction of sp³-hybridized carbons (Fsp3) is 0.600. The van der Waals surface area contributed by atoms with Gasteiger partial charge in [-0.2, -0.15) is 0 Å². The van der Waals surface area contributed by atoms with Gasteiger partial charge in [0.25, 0.3) is 0 Å². The van der Waals surface area contributed by atoms with Gasteiger partial charge in [-0.25, -0.2) is 0 Å². The number of halogens is 3. The fourth-order valence-corrected chi connectivity index (χ4v) is 2.58. The summed E-state index contributed by atoms with van der Waals surface area (Å²) >= 11 is 5.96. The maximum absolute atomic E-state index is 5.98. The number of piperidine rings is 1. The van der Waals surface area contributed by atoms with Crippen LogP contribution in [0, 0.1) is 0 Å². The zero-order valence-corrected chi connectivity index (χ0v) is 14.8. The lowest BCUT2D eigenvalue weighted by molar-refractivity contribution is 0.101. The molecule has 1 aromatic rings. The molecule has 1 fully saturated rings. The van der Waals surface area contributed by atoms with Crippen LogP contribution in [0.5, 0.6) is 5.75 Å². The lowest BCUT2D eigenvalue weighted by Crippen LogP contribution is -2.41.